The molecule has 0 atom stereocenters. The minimum atomic E-state index is -0.547. The van der Waals surface area contributed by atoms with Crippen molar-refractivity contribution in [2.45, 2.75) is 0 Å². The molecule has 0 aliphatic carbocycles. The van der Waals surface area contributed by atoms with Crippen LogP contribution in [0.2, 0.25) is 0 Å². The van der Waals surface area contributed by atoms with Gasteiger partial charge in [-0.25, -0.2) is 0 Å². The Kier molecular flexibility index (Phi) is 8.26. The highest BCUT2D eigenvalue weighted by atomic mass is 15.1. The van der Waals surface area contributed by atoms with E-state index in [-0.39, 0.29) is 16.7 Å². The van der Waals surface area contributed by atoms with Gasteiger partial charge in [0.2, 0.25) is 0 Å². The molecule has 0 fully saturated rings. The molecule has 8 heteroatoms. The molecular formula is C27H14N8. The van der Waals surface area contributed by atoms with Gasteiger partial charge in [-0.05, 0) is 28.5 Å². The van der Waals surface area contributed by atoms with Crippen molar-refractivity contribution in [3.8, 4) is 42.5 Å². The van der Waals surface area contributed by atoms with Crippen LogP contribution < -0.4 is 15.3 Å². The molecule has 35 heavy (non-hydrogen) atoms. The second-order valence-corrected chi connectivity index (χ2v) is 7.05. The number of nitriles is 7. The van der Waals surface area contributed by atoms with Crippen molar-refractivity contribution < 1.29 is 0 Å². The first-order valence-corrected chi connectivity index (χ1v) is 9.83. The van der Waals surface area contributed by atoms with Crippen LogP contribution in [-0.4, -0.2) is 14.1 Å². The van der Waals surface area contributed by atoms with Gasteiger partial charge in [0.25, 0.3) is 0 Å². The second-order valence-electron chi connectivity index (χ2n) is 7.05. The summed E-state index contributed by atoms with van der Waals surface area (Å²) < 4.78 is 0. The van der Waals surface area contributed by atoms with E-state index in [9.17, 15) is 26.3 Å². The summed E-state index contributed by atoms with van der Waals surface area (Å²) in [6.45, 7) is 0. The van der Waals surface area contributed by atoms with Crippen LogP contribution in [0.15, 0.2) is 70.8 Å². The molecular weight excluding hydrogens is 436 g/mol. The van der Waals surface area contributed by atoms with Crippen LogP contribution in [0.3, 0.4) is 0 Å². The molecule has 2 rings (SSSR count). The summed E-state index contributed by atoms with van der Waals surface area (Å²) in [6, 6.07) is 25.5. The third kappa shape index (κ3) is 5.21. The standard InChI is InChI=1S/C27H14N8/c1-35(2)24-9-7-20(8-10-24)26(19-5-3-18(4-6-19)21(11-28)12-29)27(23(15-32)16-33)25(17-34)22(13-30)14-31/h3-10H,1-2H3. The topological polar surface area (TPSA) is 170 Å². The molecule has 8 nitrogen and oxygen atoms in total. The molecule has 2 aromatic carbocycles. The zero-order valence-electron chi connectivity index (χ0n) is 18.7. The summed E-state index contributed by atoms with van der Waals surface area (Å²) in [4.78, 5) is 1.87. The van der Waals surface area contributed by atoms with Crippen molar-refractivity contribution in [1.29, 1.82) is 36.8 Å². The number of rotatable bonds is 4. The smallest absolute Gasteiger partial charge is 0.148 e. The zero-order valence-corrected chi connectivity index (χ0v) is 18.7. The van der Waals surface area contributed by atoms with Gasteiger partial charge in [-0.2, -0.15) is 36.8 Å². The molecule has 0 radical (unpaired) electrons. The lowest BCUT2D eigenvalue weighted by atomic mass is 9.86. The molecule has 0 saturated carbocycles. The summed E-state index contributed by atoms with van der Waals surface area (Å²) in [5, 5.41) is 67.2. The number of hydrogen-bond acceptors (Lipinski definition) is 8. The maximum Gasteiger partial charge on any atom is 0.148 e. The number of hydrogen-bond donors (Lipinski definition) is 0. The van der Waals surface area contributed by atoms with Gasteiger partial charge in [-0.15, -0.1) is 0 Å². The average molecular weight is 450 g/mol. The summed E-state index contributed by atoms with van der Waals surface area (Å²) >= 11 is 0. The van der Waals surface area contributed by atoms with E-state index in [4.69, 9.17) is 10.5 Å². The summed E-state index contributed by atoms with van der Waals surface area (Å²) in [6.07, 6.45) is 0. The maximum atomic E-state index is 9.85. The van der Waals surface area contributed by atoms with Gasteiger partial charge >= 0.3 is 0 Å². The Hall–Kier alpha value is -6.11. The van der Waals surface area contributed by atoms with Gasteiger partial charge in [0, 0.05) is 30.6 Å². The molecule has 0 aromatic heterocycles. The second kappa shape index (κ2) is 11.5. The molecule has 0 bridgehead atoms. The Morgan fingerprint density at radius 3 is 1.46 bits per heavy atom. The van der Waals surface area contributed by atoms with Crippen molar-refractivity contribution in [1.82, 2.24) is 0 Å². The van der Waals surface area contributed by atoms with Gasteiger partial charge in [0.05, 0.1) is 5.57 Å². The number of allylic oxidation sites excluding steroid dienone is 4. The minimum absolute atomic E-state index is 0.104. The molecule has 0 saturated heterocycles. The lowest BCUT2D eigenvalue weighted by Crippen LogP contribution is -2.16. The summed E-state index contributed by atoms with van der Waals surface area (Å²) in [5.41, 5.74) is -0.0497. The van der Waals surface area contributed by atoms with Gasteiger partial charge in [-0.3, -0.25) is 0 Å². The molecule has 0 spiro atoms. The molecule has 0 amide bonds. The van der Waals surface area contributed by atoms with Crippen molar-refractivity contribution in [3.63, 3.8) is 0 Å². The monoisotopic (exact) mass is 450 g/mol. The molecule has 0 aliphatic heterocycles. The van der Waals surface area contributed by atoms with Gasteiger partial charge in [0.1, 0.15) is 59.2 Å². The minimum Gasteiger partial charge on any atom is -0.378 e. The van der Waals surface area contributed by atoms with E-state index in [0.717, 1.165) is 5.69 Å². The highest BCUT2D eigenvalue weighted by Gasteiger charge is 2.23. The van der Waals surface area contributed by atoms with Crippen molar-refractivity contribution in [2.75, 3.05) is 19.0 Å². The zero-order chi connectivity index (χ0) is 26.0. The largest absolute Gasteiger partial charge is 0.378 e. The fraction of sp³-hybridized carbons (Fsp3) is 0.0741. The Labute approximate surface area is 202 Å². The Bertz CT molecular complexity index is 1600. The van der Waals surface area contributed by atoms with E-state index < -0.39 is 16.7 Å². The molecule has 0 aliphatic rings. The average Bonchev–Trinajstić information content (AvgIpc) is 2.89. The first kappa shape index (κ1) is 25.2. The van der Waals surface area contributed by atoms with E-state index in [0.29, 0.717) is 16.0 Å². The Morgan fingerprint density at radius 2 is 1.06 bits per heavy atom. The fourth-order valence-corrected chi connectivity index (χ4v) is 3.22. The fourth-order valence-electron chi connectivity index (χ4n) is 3.22. The molecule has 2 aromatic rings. The first-order chi connectivity index (χ1) is 16.9. The van der Waals surface area contributed by atoms with E-state index in [2.05, 4.69) is 0 Å². The lowest BCUT2D eigenvalue weighted by molar-refractivity contribution is 1.13. The highest BCUT2D eigenvalue weighted by molar-refractivity contribution is 5.89. The van der Waals surface area contributed by atoms with Crippen molar-refractivity contribution in [3.05, 3.63) is 86.8 Å². The normalized spacial score (nSPS) is 8.66. The van der Waals surface area contributed by atoms with E-state index >= 15 is 0 Å². The van der Waals surface area contributed by atoms with Crippen LogP contribution in [0.1, 0.15) is 5.56 Å². The summed E-state index contributed by atoms with van der Waals surface area (Å²) in [5.74, 6) is 0. The number of anilines is 1. The molecule has 0 unspecified atom stereocenters. The Balaban J connectivity index is 3.21. The van der Waals surface area contributed by atoms with Gasteiger partial charge < -0.3 is 4.90 Å². The SMILES string of the molecule is CN(C)c1ccc(C(C(=C(C#N)C#N)C(C#N)=C(C#N)C#N)=c2ccc(=C(C#N)C#N)cc2)cc1. The Morgan fingerprint density at radius 1 is 0.571 bits per heavy atom. The quantitative estimate of drug-likeness (QED) is 0.504. The van der Waals surface area contributed by atoms with Gasteiger partial charge in [0.15, 0.2) is 0 Å². The van der Waals surface area contributed by atoms with Crippen LogP contribution in [0.4, 0.5) is 5.69 Å². The lowest BCUT2D eigenvalue weighted by Gasteiger charge is -2.16. The van der Waals surface area contributed by atoms with Crippen LogP contribution >= 0.6 is 0 Å². The molecule has 0 N–H and O–H groups in total. The van der Waals surface area contributed by atoms with Gasteiger partial charge in [-0.1, -0.05) is 36.4 Å². The number of benzene rings is 2. The van der Waals surface area contributed by atoms with Crippen molar-refractivity contribution >= 4 is 16.8 Å². The van der Waals surface area contributed by atoms with Crippen molar-refractivity contribution in [2.24, 2.45) is 0 Å². The summed E-state index contributed by atoms with van der Waals surface area (Å²) in [7, 11) is 3.71. The van der Waals surface area contributed by atoms with Crippen LogP contribution in [0, 0.1) is 79.3 Å². The molecule has 162 valence electrons. The van der Waals surface area contributed by atoms with E-state index in [1.165, 1.54) is 12.1 Å². The van der Waals surface area contributed by atoms with Crippen LogP contribution in [0.25, 0.3) is 11.1 Å². The third-order valence-corrected chi connectivity index (χ3v) is 4.92. The maximum absolute atomic E-state index is 9.85. The van der Waals surface area contributed by atoms with E-state index in [1.807, 2.05) is 31.1 Å². The third-order valence-electron chi connectivity index (χ3n) is 4.92. The molecule has 0 heterocycles. The predicted octanol–water partition coefficient (Wildman–Crippen LogP) is 2.36. The van der Waals surface area contributed by atoms with E-state index in [1.54, 1.807) is 66.7 Å². The van der Waals surface area contributed by atoms with Crippen LogP contribution in [-0.2, 0) is 0 Å². The first-order valence-electron chi connectivity index (χ1n) is 9.83. The predicted molar refractivity (Wildman–Crippen MR) is 126 cm³/mol. The number of nitrogens with zero attached hydrogens (tertiary/aromatic N) is 8. The van der Waals surface area contributed by atoms with Crippen LogP contribution in [0.5, 0.6) is 0 Å². The highest BCUT2D eigenvalue weighted by Crippen LogP contribution is 2.31.